The molecule has 18 heavy (non-hydrogen) atoms. The highest BCUT2D eigenvalue weighted by atomic mass is 32.1. The molecule has 0 saturated heterocycles. The van der Waals surface area contributed by atoms with Crippen molar-refractivity contribution >= 4 is 17.5 Å². The lowest BCUT2D eigenvalue weighted by Crippen LogP contribution is -2.28. The molecule has 0 aliphatic rings. The molecule has 2 aromatic rings. The van der Waals surface area contributed by atoms with Gasteiger partial charge in [0.05, 0.1) is 0 Å². The third-order valence-corrected chi connectivity index (χ3v) is 2.58. The number of nitrogens with zero attached hydrogens (tertiary/aromatic N) is 3. The van der Waals surface area contributed by atoms with Gasteiger partial charge in [0, 0.05) is 18.0 Å². The van der Waals surface area contributed by atoms with Gasteiger partial charge in [-0.3, -0.25) is 4.98 Å². The lowest BCUT2D eigenvalue weighted by Gasteiger charge is -2.05. The topological polar surface area (TPSA) is 65.0 Å². The third-order valence-electron chi connectivity index (χ3n) is 1.82. The van der Waals surface area contributed by atoms with E-state index < -0.39 is 18.0 Å². The van der Waals surface area contributed by atoms with Crippen LogP contribution in [0.2, 0.25) is 0 Å². The number of hydrogen-bond donors (Lipinski definition) is 0. The van der Waals surface area contributed by atoms with Gasteiger partial charge in [-0.2, -0.15) is 13.2 Å². The Morgan fingerprint density at radius 3 is 2.56 bits per heavy atom. The molecule has 0 spiro atoms. The number of halogens is 3. The van der Waals surface area contributed by atoms with Crippen LogP contribution in [0.1, 0.15) is 0 Å². The van der Waals surface area contributed by atoms with Crippen LogP contribution >= 0.6 is 11.5 Å². The molecule has 0 atom stereocenters. The van der Waals surface area contributed by atoms with Crippen molar-refractivity contribution < 1.29 is 22.7 Å². The van der Waals surface area contributed by atoms with Crippen LogP contribution in [-0.4, -0.2) is 26.7 Å². The highest BCUT2D eigenvalue weighted by molar-refractivity contribution is 7.09. The number of hydrogen-bond acceptors (Lipinski definition) is 6. The van der Waals surface area contributed by atoms with Gasteiger partial charge in [-0.05, 0) is 23.7 Å². The Labute approximate surface area is 102 Å². The van der Waals surface area contributed by atoms with Gasteiger partial charge in [-0.1, -0.05) is 9.59 Å². The highest BCUT2D eigenvalue weighted by Gasteiger charge is 2.42. The molecular formula is C9H4F3N3O2S. The van der Waals surface area contributed by atoms with Gasteiger partial charge >= 0.3 is 12.1 Å². The van der Waals surface area contributed by atoms with Crippen LogP contribution in [0.25, 0.3) is 10.4 Å². The molecule has 0 fully saturated rings. The molecule has 0 aromatic carbocycles. The summed E-state index contributed by atoms with van der Waals surface area (Å²) in [5, 5.41) is 3.35. The highest BCUT2D eigenvalue weighted by Crippen LogP contribution is 2.32. The normalized spacial score (nSPS) is 11.3. The van der Waals surface area contributed by atoms with E-state index in [9.17, 15) is 18.0 Å². The minimum absolute atomic E-state index is 0.231. The van der Waals surface area contributed by atoms with Gasteiger partial charge in [0.15, 0.2) is 0 Å². The molecular weight excluding hydrogens is 271 g/mol. The number of rotatable bonds is 2. The van der Waals surface area contributed by atoms with Gasteiger partial charge in [-0.25, -0.2) is 4.79 Å². The Hall–Kier alpha value is -2.03. The first-order chi connectivity index (χ1) is 8.48. The van der Waals surface area contributed by atoms with E-state index in [-0.39, 0.29) is 4.88 Å². The second-order valence-electron chi connectivity index (χ2n) is 3.03. The monoisotopic (exact) mass is 275 g/mol. The lowest BCUT2D eigenvalue weighted by atomic mass is 10.2. The summed E-state index contributed by atoms with van der Waals surface area (Å²) in [6.07, 6.45) is -2.17. The van der Waals surface area contributed by atoms with E-state index in [0.29, 0.717) is 5.56 Å². The van der Waals surface area contributed by atoms with Crippen LogP contribution in [0.5, 0.6) is 5.88 Å². The number of aromatic nitrogens is 3. The number of carbonyl (C=O) groups is 1. The Morgan fingerprint density at radius 2 is 1.94 bits per heavy atom. The summed E-state index contributed by atoms with van der Waals surface area (Å²) in [4.78, 5) is 14.7. The second kappa shape index (κ2) is 4.69. The Morgan fingerprint density at radius 1 is 1.28 bits per heavy atom. The number of alkyl halides is 3. The standard InChI is InChI=1S/C9H4F3N3O2S/c10-9(11,12)8(16)17-7-6(18-15-14-7)5-1-3-13-4-2-5/h1-4H. The molecule has 0 N–H and O–H groups in total. The zero-order chi connectivity index (χ0) is 13.2. The minimum atomic E-state index is -5.07. The Bertz CT molecular complexity index is 556. The molecule has 0 aliphatic heterocycles. The molecule has 5 nitrogen and oxygen atoms in total. The maximum atomic E-state index is 12.0. The van der Waals surface area contributed by atoms with Crippen LogP contribution in [0, 0.1) is 0 Å². The smallest absolute Gasteiger partial charge is 0.397 e. The molecule has 0 unspecified atom stereocenters. The molecule has 2 aromatic heterocycles. The van der Waals surface area contributed by atoms with Crippen LogP contribution in [-0.2, 0) is 4.79 Å². The van der Waals surface area contributed by atoms with Gasteiger partial charge in [-0.15, -0.1) is 0 Å². The largest absolute Gasteiger partial charge is 0.491 e. The van der Waals surface area contributed by atoms with E-state index in [2.05, 4.69) is 19.3 Å². The predicted molar refractivity (Wildman–Crippen MR) is 54.8 cm³/mol. The van der Waals surface area contributed by atoms with Crippen molar-refractivity contribution in [2.75, 3.05) is 0 Å². The summed E-state index contributed by atoms with van der Waals surface area (Å²) in [6, 6.07) is 3.08. The van der Waals surface area contributed by atoms with Crippen LogP contribution < -0.4 is 4.74 Å². The van der Waals surface area contributed by atoms with Gasteiger partial charge in [0.2, 0.25) is 0 Å². The summed E-state index contributed by atoms with van der Waals surface area (Å²) in [5.74, 6) is -2.79. The van der Waals surface area contributed by atoms with E-state index in [1.165, 1.54) is 12.4 Å². The minimum Gasteiger partial charge on any atom is -0.397 e. The summed E-state index contributed by atoms with van der Waals surface area (Å²) in [7, 11) is 0. The van der Waals surface area contributed by atoms with E-state index in [0.717, 1.165) is 11.5 Å². The zero-order valence-corrected chi connectivity index (χ0v) is 9.33. The molecule has 0 saturated carbocycles. The number of esters is 1. The maximum Gasteiger partial charge on any atom is 0.491 e. The van der Waals surface area contributed by atoms with E-state index in [4.69, 9.17) is 0 Å². The van der Waals surface area contributed by atoms with Crippen molar-refractivity contribution in [1.82, 2.24) is 14.6 Å². The Balaban J connectivity index is 2.27. The molecule has 9 heteroatoms. The number of carbonyl (C=O) groups excluding carboxylic acids is 1. The molecule has 0 bridgehead atoms. The fraction of sp³-hybridized carbons (Fsp3) is 0.111. The van der Waals surface area contributed by atoms with Crippen LogP contribution in [0.4, 0.5) is 13.2 Å². The van der Waals surface area contributed by atoms with Crippen LogP contribution in [0.3, 0.4) is 0 Å². The van der Waals surface area contributed by atoms with Crippen molar-refractivity contribution in [3.8, 4) is 16.3 Å². The second-order valence-corrected chi connectivity index (χ2v) is 3.78. The molecule has 0 amide bonds. The molecule has 2 rings (SSSR count). The van der Waals surface area contributed by atoms with Gasteiger partial charge < -0.3 is 4.74 Å². The average molecular weight is 275 g/mol. The van der Waals surface area contributed by atoms with Gasteiger partial charge in [0.25, 0.3) is 5.88 Å². The quantitative estimate of drug-likeness (QED) is 0.785. The van der Waals surface area contributed by atoms with Crippen molar-refractivity contribution in [1.29, 1.82) is 0 Å². The zero-order valence-electron chi connectivity index (χ0n) is 8.51. The Kier molecular flexibility index (Phi) is 3.24. The molecule has 0 aliphatic carbocycles. The molecule has 94 valence electrons. The summed E-state index contributed by atoms with van der Waals surface area (Å²) < 4.78 is 43.8. The lowest BCUT2D eigenvalue weighted by molar-refractivity contribution is -0.189. The predicted octanol–water partition coefficient (Wildman–Crippen LogP) is 2.07. The molecule has 2 heterocycles. The van der Waals surface area contributed by atoms with E-state index >= 15 is 0 Å². The van der Waals surface area contributed by atoms with E-state index in [1.54, 1.807) is 12.1 Å². The van der Waals surface area contributed by atoms with Crippen molar-refractivity contribution in [3.63, 3.8) is 0 Å². The summed E-state index contributed by atoms with van der Waals surface area (Å²) in [5.41, 5.74) is 0.518. The SMILES string of the molecule is O=C(Oc1nnsc1-c1ccncc1)C(F)(F)F. The first-order valence-electron chi connectivity index (χ1n) is 4.50. The molecule has 0 radical (unpaired) electrons. The maximum absolute atomic E-state index is 12.0. The summed E-state index contributed by atoms with van der Waals surface area (Å²) in [6.45, 7) is 0. The van der Waals surface area contributed by atoms with Crippen molar-refractivity contribution in [2.24, 2.45) is 0 Å². The first kappa shape index (κ1) is 12.4. The van der Waals surface area contributed by atoms with Gasteiger partial charge in [0.1, 0.15) is 4.88 Å². The van der Waals surface area contributed by atoms with Crippen molar-refractivity contribution in [3.05, 3.63) is 24.5 Å². The van der Waals surface area contributed by atoms with Crippen molar-refractivity contribution in [2.45, 2.75) is 6.18 Å². The fourth-order valence-electron chi connectivity index (χ4n) is 1.07. The van der Waals surface area contributed by atoms with E-state index in [1.807, 2.05) is 0 Å². The first-order valence-corrected chi connectivity index (χ1v) is 5.27. The number of ether oxygens (including phenoxy) is 1. The number of pyridine rings is 1. The third kappa shape index (κ3) is 2.62. The average Bonchev–Trinajstić information content (AvgIpc) is 2.77. The van der Waals surface area contributed by atoms with Crippen LogP contribution in [0.15, 0.2) is 24.5 Å². The fourth-order valence-corrected chi connectivity index (χ4v) is 1.67. The summed E-state index contributed by atoms with van der Waals surface area (Å²) >= 11 is 0.822.